The van der Waals surface area contributed by atoms with Crippen LogP contribution in [0.25, 0.3) is 0 Å². The van der Waals surface area contributed by atoms with Gasteiger partial charge in [0.1, 0.15) is 0 Å². The zero-order valence-electron chi connectivity index (χ0n) is 10.7. The molecular weight excluding hydrogens is 222 g/mol. The summed E-state index contributed by atoms with van der Waals surface area (Å²) in [6, 6.07) is 0.540. The number of nitrogens with one attached hydrogen (secondary N) is 1. The summed E-state index contributed by atoms with van der Waals surface area (Å²) >= 11 is 0. The monoisotopic (exact) mass is 247 g/mol. The van der Waals surface area contributed by atoms with Crippen LogP contribution in [0.5, 0.6) is 0 Å². The van der Waals surface area contributed by atoms with E-state index in [2.05, 4.69) is 12.2 Å². The molecule has 0 aromatic carbocycles. The minimum Gasteiger partial charge on any atom is -0.313 e. The molecule has 1 saturated carbocycles. The van der Waals surface area contributed by atoms with Crippen LogP contribution in [-0.4, -0.2) is 32.0 Å². The first kappa shape index (κ1) is 14.0. The maximum absolute atomic E-state index is 11.6. The van der Waals surface area contributed by atoms with Crippen LogP contribution in [0.15, 0.2) is 0 Å². The van der Waals surface area contributed by atoms with Crippen molar-refractivity contribution in [3.63, 3.8) is 0 Å². The van der Waals surface area contributed by atoms with Crippen molar-refractivity contribution in [3.05, 3.63) is 0 Å². The Balaban J connectivity index is 2.21. The van der Waals surface area contributed by atoms with E-state index < -0.39 is 9.84 Å². The summed E-state index contributed by atoms with van der Waals surface area (Å²) in [5.74, 6) is 1.12. The van der Waals surface area contributed by atoms with Crippen molar-refractivity contribution in [2.45, 2.75) is 57.7 Å². The summed E-state index contributed by atoms with van der Waals surface area (Å²) in [7, 11) is -2.87. The lowest BCUT2D eigenvalue weighted by molar-refractivity contribution is 0.311. The fourth-order valence-corrected chi connectivity index (χ4v) is 2.98. The average molecular weight is 247 g/mol. The first-order chi connectivity index (χ1) is 7.42. The van der Waals surface area contributed by atoms with E-state index in [1.807, 2.05) is 0 Å². The molecule has 0 aromatic rings. The highest BCUT2D eigenvalue weighted by Crippen LogP contribution is 2.23. The molecule has 0 amide bonds. The van der Waals surface area contributed by atoms with Gasteiger partial charge >= 0.3 is 0 Å². The SMILES string of the molecule is CC1CCC(NCCS(=O)(=O)C(C)C)CC1. The van der Waals surface area contributed by atoms with Crippen molar-refractivity contribution in [1.29, 1.82) is 0 Å². The van der Waals surface area contributed by atoms with Crippen LogP contribution in [0.2, 0.25) is 0 Å². The van der Waals surface area contributed by atoms with Crippen molar-refractivity contribution in [2.75, 3.05) is 12.3 Å². The number of rotatable bonds is 5. The second-order valence-electron chi connectivity index (χ2n) is 5.33. The lowest BCUT2D eigenvalue weighted by Crippen LogP contribution is -2.36. The zero-order chi connectivity index (χ0) is 12.2. The molecule has 0 saturated heterocycles. The van der Waals surface area contributed by atoms with Crippen LogP contribution in [0.3, 0.4) is 0 Å². The fraction of sp³-hybridized carbons (Fsp3) is 1.00. The van der Waals surface area contributed by atoms with Gasteiger partial charge in [0.15, 0.2) is 9.84 Å². The second kappa shape index (κ2) is 6.01. The molecule has 1 fully saturated rings. The molecule has 3 nitrogen and oxygen atoms in total. The van der Waals surface area contributed by atoms with E-state index in [9.17, 15) is 8.42 Å². The van der Waals surface area contributed by atoms with Gasteiger partial charge in [0.25, 0.3) is 0 Å². The minimum atomic E-state index is -2.87. The third kappa shape index (κ3) is 4.42. The molecule has 0 aromatic heterocycles. The molecule has 0 atom stereocenters. The predicted octanol–water partition coefficient (Wildman–Crippen LogP) is 1.98. The van der Waals surface area contributed by atoms with Crippen LogP contribution in [0.4, 0.5) is 0 Å². The van der Waals surface area contributed by atoms with E-state index in [4.69, 9.17) is 0 Å². The molecule has 1 aliphatic rings. The first-order valence-corrected chi connectivity index (χ1v) is 8.08. The van der Waals surface area contributed by atoms with Crippen molar-refractivity contribution >= 4 is 9.84 Å². The normalized spacial score (nSPS) is 27.2. The summed E-state index contributed by atoms with van der Waals surface area (Å²) in [6.45, 7) is 6.40. The zero-order valence-corrected chi connectivity index (χ0v) is 11.5. The van der Waals surface area contributed by atoms with Gasteiger partial charge in [-0.15, -0.1) is 0 Å². The summed E-state index contributed by atoms with van der Waals surface area (Å²) in [4.78, 5) is 0. The van der Waals surface area contributed by atoms with Crippen LogP contribution >= 0.6 is 0 Å². The molecule has 0 heterocycles. The number of hydrogen-bond acceptors (Lipinski definition) is 3. The standard InChI is InChI=1S/C12H25NO2S/c1-10(2)16(14,15)9-8-13-12-6-4-11(3)5-7-12/h10-13H,4-9H2,1-3H3. The van der Waals surface area contributed by atoms with Gasteiger partial charge in [0.05, 0.1) is 11.0 Å². The van der Waals surface area contributed by atoms with Crippen molar-refractivity contribution in [3.8, 4) is 0 Å². The molecule has 1 rings (SSSR count). The lowest BCUT2D eigenvalue weighted by atomic mass is 9.87. The Morgan fingerprint density at radius 2 is 1.75 bits per heavy atom. The molecule has 1 aliphatic carbocycles. The van der Waals surface area contributed by atoms with E-state index in [0.29, 0.717) is 12.6 Å². The third-order valence-corrected chi connectivity index (χ3v) is 5.76. The van der Waals surface area contributed by atoms with Gasteiger partial charge in [-0.2, -0.15) is 0 Å². The lowest BCUT2D eigenvalue weighted by Gasteiger charge is -2.27. The van der Waals surface area contributed by atoms with Gasteiger partial charge in [0.2, 0.25) is 0 Å². The highest BCUT2D eigenvalue weighted by molar-refractivity contribution is 7.92. The quantitative estimate of drug-likeness (QED) is 0.808. The Labute approximate surface area is 99.9 Å². The smallest absolute Gasteiger partial charge is 0.153 e. The highest BCUT2D eigenvalue weighted by atomic mass is 32.2. The van der Waals surface area contributed by atoms with E-state index in [-0.39, 0.29) is 11.0 Å². The predicted molar refractivity (Wildman–Crippen MR) is 68.3 cm³/mol. The van der Waals surface area contributed by atoms with Crippen molar-refractivity contribution in [1.82, 2.24) is 5.32 Å². The third-order valence-electron chi connectivity index (χ3n) is 3.55. The second-order valence-corrected chi connectivity index (χ2v) is 8.00. The van der Waals surface area contributed by atoms with Crippen molar-refractivity contribution < 1.29 is 8.42 Å². The van der Waals surface area contributed by atoms with E-state index in [1.165, 1.54) is 25.7 Å². The van der Waals surface area contributed by atoms with E-state index >= 15 is 0 Å². The fourth-order valence-electron chi connectivity index (χ4n) is 2.11. The first-order valence-electron chi connectivity index (χ1n) is 6.36. The maximum Gasteiger partial charge on any atom is 0.153 e. The Bertz CT molecular complexity index is 290. The Kier molecular flexibility index (Phi) is 5.25. The summed E-state index contributed by atoms with van der Waals surface area (Å²) < 4.78 is 23.2. The summed E-state index contributed by atoms with van der Waals surface area (Å²) in [6.07, 6.45) is 4.94. The minimum absolute atomic E-state index is 0.249. The summed E-state index contributed by atoms with van der Waals surface area (Å²) in [5.41, 5.74) is 0. The van der Waals surface area contributed by atoms with Gasteiger partial charge in [0, 0.05) is 12.6 Å². The highest BCUT2D eigenvalue weighted by Gasteiger charge is 2.19. The van der Waals surface area contributed by atoms with Gasteiger partial charge < -0.3 is 5.32 Å². The molecule has 96 valence electrons. The van der Waals surface area contributed by atoms with E-state index in [1.54, 1.807) is 13.8 Å². The van der Waals surface area contributed by atoms with Gasteiger partial charge in [-0.1, -0.05) is 6.92 Å². The molecule has 0 bridgehead atoms. The van der Waals surface area contributed by atoms with Crippen LogP contribution in [-0.2, 0) is 9.84 Å². The van der Waals surface area contributed by atoms with Gasteiger partial charge in [-0.25, -0.2) is 8.42 Å². The summed E-state index contributed by atoms with van der Waals surface area (Å²) in [5, 5.41) is 3.12. The van der Waals surface area contributed by atoms with E-state index in [0.717, 1.165) is 5.92 Å². The Hall–Kier alpha value is -0.0900. The number of sulfone groups is 1. The molecule has 0 aliphatic heterocycles. The molecule has 0 spiro atoms. The van der Waals surface area contributed by atoms with Crippen molar-refractivity contribution in [2.24, 2.45) is 5.92 Å². The Morgan fingerprint density at radius 1 is 1.19 bits per heavy atom. The molecule has 0 unspecified atom stereocenters. The van der Waals surface area contributed by atoms with Gasteiger partial charge in [-0.05, 0) is 45.4 Å². The number of hydrogen-bond donors (Lipinski definition) is 1. The largest absolute Gasteiger partial charge is 0.313 e. The molecule has 0 radical (unpaired) electrons. The van der Waals surface area contributed by atoms with Gasteiger partial charge in [-0.3, -0.25) is 0 Å². The molecular formula is C12H25NO2S. The maximum atomic E-state index is 11.6. The topological polar surface area (TPSA) is 46.2 Å². The van der Waals surface area contributed by atoms with Crippen LogP contribution < -0.4 is 5.32 Å². The molecule has 16 heavy (non-hydrogen) atoms. The average Bonchev–Trinajstić information content (AvgIpc) is 2.20. The molecule has 4 heteroatoms. The Morgan fingerprint density at radius 3 is 2.25 bits per heavy atom. The van der Waals surface area contributed by atoms with Crippen LogP contribution in [0, 0.1) is 5.92 Å². The molecule has 1 N–H and O–H groups in total. The van der Waals surface area contributed by atoms with Crippen LogP contribution in [0.1, 0.15) is 46.5 Å².